The Morgan fingerprint density at radius 2 is 1.92 bits per heavy atom. The number of anilines is 2. The fraction of sp³-hybridized carbons (Fsp3) is 0.345. The summed E-state index contributed by atoms with van der Waals surface area (Å²) in [6.07, 6.45) is 6.05. The molecule has 6 rings (SSSR count). The highest BCUT2D eigenvalue weighted by molar-refractivity contribution is 5.93. The van der Waals surface area contributed by atoms with Gasteiger partial charge < -0.3 is 25.8 Å². The fourth-order valence-corrected chi connectivity index (χ4v) is 5.26. The van der Waals surface area contributed by atoms with Crippen LogP contribution in [0.5, 0.6) is 0 Å². The average Bonchev–Trinajstić information content (AvgIpc) is 3.37. The average molecular weight is 513 g/mol. The molecule has 1 aromatic carbocycles. The molecule has 0 radical (unpaired) electrons. The van der Waals surface area contributed by atoms with Gasteiger partial charge in [-0.05, 0) is 76.4 Å². The molecule has 0 atom stereocenters. The van der Waals surface area contributed by atoms with E-state index < -0.39 is 0 Å². The van der Waals surface area contributed by atoms with Gasteiger partial charge in [-0.25, -0.2) is 9.37 Å². The van der Waals surface area contributed by atoms with E-state index in [-0.39, 0.29) is 5.82 Å². The van der Waals surface area contributed by atoms with E-state index in [1.165, 1.54) is 12.1 Å². The molecule has 196 valence electrons. The van der Waals surface area contributed by atoms with E-state index in [9.17, 15) is 4.39 Å². The van der Waals surface area contributed by atoms with Crippen LogP contribution in [-0.4, -0.2) is 71.7 Å². The first-order valence-corrected chi connectivity index (χ1v) is 13.3. The molecule has 2 aliphatic rings. The van der Waals surface area contributed by atoms with E-state index in [2.05, 4.69) is 49.0 Å². The molecule has 2 aliphatic heterocycles. The Kier molecular flexibility index (Phi) is 6.78. The fourth-order valence-electron chi connectivity index (χ4n) is 5.26. The third kappa shape index (κ3) is 4.99. The molecule has 0 aliphatic carbocycles. The van der Waals surface area contributed by atoms with Crippen LogP contribution in [0, 0.1) is 5.82 Å². The Labute approximate surface area is 221 Å². The first-order valence-electron chi connectivity index (χ1n) is 13.3. The maximum atomic E-state index is 14.6. The van der Waals surface area contributed by atoms with E-state index in [0.717, 1.165) is 72.2 Å². The molecule has 0 saturated carbocycles. The second-order valence-corrected chi connectivity index (χ2v) is 10.3. The SMILES string of the molecule is CN(C)CCNc1cc(F)cc(-c2nccc3[nH]c(C4=CCNc5ccc(C6CCNCC6)nc54)nc23)c1. The van der Waals surface area contributed by atoms with E-state index in [0.29, 0.717) is 35.8 Å². The second kappa shape index (κ2) is 10.5. The standard InChI is InChI=1S/C29H33FN8/c1-38(2)14-13-32-21-16-19(15-20(30)17-21)26-28-25(8-12-34-26)36-29(37-28)22-7-11-33-24-4-3-23(35-27(22)24)18-5-9-31-10-6-18/h3-4,7-8,12,15-18,31-33H,5-6,9-11,13-14H2,1-2H3,(H,36,37). The number of piperidine rings is 1. The van der Waals surface area contributed by atoms with Crippen LogP contribution >= 0.6 is 0 Å². The molecule has 5 heterocycles. The lowest BCUT2D eigenvalue weighted by atomic mass is 9.93. The third-order valence-electron chi connectivity index (χ3n) is 7.24. The van der Waals surface area contributed by atoms with Crippen molar-refractivity contribution in [3.63, 3.8) is 0 Å². The predicted octanol–water partition coefficient (Wildman–Crippen LogP) is 4.46. The molecule has 4 aromatic rings. The molecule has 8 nitrogen and oxygen atoms in total. The molecular formula is C29H33FN8. The number of pyridine rings is 2. The summed E-state index contributed by atoms with van der Waals surface area (Å²) >= 11 is 0. The summed E-state index contributed by atoms with van der Waals surface area (Å²) in [7, 11) is 4.02. The van der Waals surface area contributed by atoms with Crippen LogP contribution in [-0.2, 0) is 0 Å². The zero-order valence-corrected chi connectivity index (χ0v) is 21.8. The summed E-state index contributed by atoms with van der Waals surface area (Å²) in [5, 5.41) is 10.2. The number of hydrogen-bond acceptors (Lipinski definition) is 7. The van der Waals surface area contributed by atoms with E-state index >= 15 is 0 Å². The maximum Gasteiger partial charge on any atom is 0.140 e. The van der Waals surface area contributed by atoms with Crippen LogP contribution in [0.4, 0.5) is 15.8 Å². The van der Waals surface area contributed by atoms with Crippen LogP contribution in [0.25, 0.3) is 27.9 Å². The molecule has 4 N–H and O–H groups in total. The van der Waals surface area contributed by atoms with E-state index in [4.69, 9.17) is 9.97 Å². The first kappa shape index (κ1) is 24.5. The van der Waals surface area contributed by atoms with Crippen molar-refractivity contribution >= 4 is 28.0 Å². The van der Waals surface area contributed by atoms with Crippen molar-refractivity contribution in [3.05, 3.63) is 71.7 Å². The van der Waals surface area contributed by atoms with Crippen LogP contribution in [0.1, 0.15) is 36.0 Å². The molecule has 1 fully saturated rings. The van der Waals surface area contributed by atoms with Gasteiger partial charge in [0.2, 0.25) is 0 Å². The Bertz CT molecular complexity index is 1490. The summed E-state index contributed by atoms with van der Waals surface area (Å²) in [5.41, 5.74) is 7.65. The number of likely N-dealkylation sites (N-methyl/N-ethyl adjacent to an activating group) is 1. The third-order valence-corrected chi connectivity index (χ3v) is 7.24. The Hall–Kier alpha value is -3.82. The number of aromatic nitrogens is 4. The molecule has 3 aromatic heterocycles. The van der Waals surface area contributed by atoms with Crippen LogP contribution in [0.15, 0.2) is 48.7 Å². The van der Waals surface area contributed by atoms with Crippen LogP contribution < -0.4 is 16.0 Å². The molecule has 0 unspecified atom stereocenters. The van der Waals surface area contributed by atoms with Crippen molar-refractivity contribution in [2.24, 2.45) is 0 Å². The lowest BCUT2D eigenvalue weighted by Crippen LogP contribution is -2.27. The van der Waals surface area contributed by atoms with Crippen molar-refractivity contribution in [2.45, 2.75) is 18.8 Å². The summed E-state index contributed by atoms with van der Waals surface area (Å²) in [6, 6.07) is 11.2. The highest BCUT2D eigenvalue weighted by Crippen LogP contribution is 2.35. The topological polar surface area (TPSA) is 93.8 Å². The zero-order valence-electron chi connectivity index (χ0n) is 21.8. The maximum absolute atomic E-state index is 14.6. The summed E-state index contributed by atoms with van der Waals surface area (Å²) in [4.78, 5) is 20.3. The minimum Gasteiger partial charge on any atom is -0.384 e. The first-order chi connectivity index (χ1) is 18.5. The van der Waals surface area contributed by atoms with Crippen molar-refractivity contribution < 1.29 is 4.39 Å². The molecule has 0 spiro atoms. The van der Waals surface area contributed by atoms with Crippen molar-refractivity contribution in [1.82, 2.24) is 30.2 Å². The number of imidazole rings is 1. The minimum atomic E-state index is -0.311. The van der Waals surface area contributed by atoms with Gasteiger partial charge in [0.25, 0.3) is 0 Å². The highest BCUT2D eigenvalue weighted by Gasteiger charge is 2.23. The van der Waals surface area contributed by atoms with Gasteiger partial charge in [0, 0.05) is 54.3 Å². The van der Waals surface area contributed by atoms with Crippen molar-refractivity contribution in [3.8, 4) is 11.3 Å². The number of nitrogens with one attached hydrogen (secondary N) is 4. The lowest BCUT2D eigenvalue weighted by Gasteiger charge is -2.24. The molecule has 38 heavy (non-hydrogen) atoms. The van der Waals surface area contributed by atoms with Gasteiger partial charge in [0.15, 0.2) is 0 Å². The number of H-pyrrole nitrogens is 1. The molecular weight excluding hydrogens is 479 g/mol. The van der Waals surface area contributed by atoms with Crippen molar-refractivity contribution in [1.29, 1.82) is 0 Å². The number of rotatable bonds is 7. The number of halogens is 1. The number of fused-ring (bicyclic) bond motifs is 2. The number of hydrogen-bond donors (Lipinski definition) is 4. The predicted molar refractivity (Wildman–Crippen MR) is 151 cm³/mol. The van der Waals surface area contributed by atoms with Gasteiger partial charge in [-0.15, -0.1) is 0 Å². The van der Waals surface area contributed by atoms with E-state index in [1.54, 1.807) is 6.20 Å². The Morgan fingerprint density at radius 1 is 1.05 bits per heavy atom. The molecule has 0 bridgehead atoms. The van der Waals surface area contributed by atoms with Gasteiger partial charge in [0.05, 0.1) is 22.6 Å². The number of benzene rings is 1. The van der Waals surface area contributed by atoms with Gasteiger partial charge in [-0.2, -0.15) is 0 Å². The molecule has 1 saturated heterocycles. The number of aromatic amines is 1. The second-order valence-electron chi connectivity index (χ2n) is 10.3. The molecule has 9 heteroatoms. The zero-order chi connectivity index (χ0) is 26.1. The normalized spacial score (nSPS) is 15.8. The lowest BCUT2D eigenvalue weighted by molar-refractivity contribution is 0.425. The van der Waals surface area contributed by atoms with E-state index in [1.807, 2.05) is 26.2 Å². The summed E-state index contributed by atoms with van der Waals surface area (Å²) in [6.45, 7) is 4.31. The summed E-state index contributed by atoms with van der Waals surface area (Å²) < 4.78 is 14.6. The monoisotopic (exact) mass is 512 g/mol. The van der Waals surface area contributed by atoms with Gasteiger partial charge in [0.1, 0.15) is 17.2 Å². The van der Waals surface area contributed by atoms with Gasteiger partial charge in [-0.1, -0.05) is 6.08 Å². The largest absolute Gasteiger partial charge is 0.384 e. The minimum absolute atomic E-state index is 0.311. The smallest absolute Gasteiger partial charge is 0.140 e. The van der Waals surface area contributed by atoms with Crippen LogP contribution in [0.2, 0.25) is 0 Å². The van der Waals surface area contributed by atoms with Crippen molar-refractivity contribution in [2.75, 3.05) is 57.5 Å². The Balaban J connectivity index is 1.35. The number of nitrogens with zero attached hydrogens (tertiary/aromatic N) is 4. The van der Waals surface area contributed by atoms with Gasteiger partial charge in [-0.3, -0.25) is 9.97 Å². The Morgan fingerprint density at radius 3 is 2.76 bits per heavy atom. The highest BCUT2D eigenvalue weighted by atomic mass is 19.1. The molecule has 0 amide bonds. The summed E-state index contributed by atoms with van der Waals surface area (Å²) in [5.74, 6) is 0.895. The quantitative estimate of drug-likeness (QED) is 0.291. The van der Waals surface area contributed by atoms with Crippen LogP contribution in [0.3, 0.4) is 0 Å². The van der Waals surface area contributed by atoms with Gasteiger partial charge >= 0.3 is 0 Å².